The lowest BCUT2D eigenvalue weighted by Gasteiger charge is -2.33. The van der Waals surface area contributed by atoms with Gasteiger partial charge in [-0.05, 0) is 62.3 Å². The van der Waals surface area contributed by atoms with Crippen molar-refractivity contribution in [3.8, 4) is 17.2 Å². The Morgan fingerprint density at radius 3 is 2.45 bits per heavy atom. The van der Waals surface area contributed by atoms with Gasteiger partial charge in [-0.2, -0.15) is 0 Å². The molecule has 0 aromatic heterocycles. The standard InChI is InChI=1S/C24H31NO4/c1-6-16-9-8-10-17(7-2)23(16)25-22(26)15-28-21-14-19-18(13-20(21)27-5)11-12-24(3,4)29-19/h8-10,13-14H,6-7,11-12,15H2,1-5H3,(H,25,26). The topological polar surface area (TPSA) is 56.8 Å². The van der Waals surface area contributed by atoms with E-state index in [1.165, 1.54) is 0 Å². The van der Waals surface area contributed by atoms with Crippen LogP contribution in [0.2, 0.25) is 0 Å². The van der Waals surface area contributed by atoms with Crippen LogP contribution >= 0.6 is 0 Å². The molecule has 0 unspecified atom stereocenters. The predicted octanol–water partition coefficient (Wildman–Crippen LogP) is 4.94. The van der Waals surface area contributed by atoms with Crippen molar-refractivity contribution in [1.82, 2.24) is 0 Å². The molecule has 29 heavy (non-hydrogen) atoms. The molecule has 2 aromatic rings. The van der Waals surface area contributed by atoms with Crippen molar-refractivity contribution in [2.24, 2.45) is 0 Å². The highest BCUT2D eigenvalue weighted by Gasteiger charge is 2.28. The number of rotatable bonds is 7. The Morgan fingerprint density at radius 1 is 1.14 bits per heavy atom. The van der Waals surface area contributed by atoms with E-state index in [0.29, 0.717) is 11.5 Å². The van der Waals surface area contributed by atoms with Gasteiger partial charge in [-0.3, -0.25) is 4.79 Å². The summed E-state index contributed by atoms with van der Waals surface area (Å²) in [4.78, 5) is 12.6. The molecule has 3 rings (SSSR count). The first kappa shape index (κ1) is 21.0. The largest absolute Gasteiger partial charge is 0.493 e. The van der Waals surface area contributed by atoms with Crippen LogP contribution in [0.25, 0.3) is 0 Å². The number of ether oxygens (including phenoxy) is 3. The number of para-hydroxylation sites is 1. The maximum absolute atomic E-state index is 12.6. The molecule has 1 aliphatic heterocycles. The van der Waals surface area contributed by atoms with Crippen molar-refractivity contribution in [1.29, 1.82) is 0 Å². The second kappa shape index (κ2) is 8.76. The van der Waals surface area contributed by atoms with Gasteiger partial charge in [0.25, 0.3) is 5.91 Å². The van der Waals surface area contributed by atoms with Crippen LogP contribution in [0, 0.1) is 0 Å². The number of nitrogens with one attached hydrogen (secondary N) is 1. The summed E-state index contributed by atoms with van der Waals surface area (Å²) >= 11 is 0. The summed E-state index contributed by atoms with van der Waals surface area (Å²) in [6, 6.07) is 9.89. The first-order chi connectivity index (χ1) is 13.9. The number of benzene rings is 2. The molecule has 0 saturated carbocycles. The summed E-state index contributed by atoms with van der Waals surface area (Å²) < 4.78 is 17.4. The molecule has 0 spiro atoms. The van der Waals surface area contributed by atoms with Crippen LogP contribution in [0.15, 0.2) is 30.3 Å². The fourth-order valence-electron chi connectivity index (χ4n) is 3.65. The Balaban J connectivity index is 1.74. The Hall–Kier alpha value is -2.69. The quantitative estimate of drug-likeness (QED) is 0.719. The van der Waals surface area contributed by atoms with Gasteiger partial charge in [-0.15, -0.1) is 0 Å². The molecular formula is C24H31NO4. The highest BCUT2D eigenvalue weighted by molar-refractivity contribution is 5.93. The van der Waals surface area contributed by atoms with Gasteiger partial charge in [-0.25, -0.2) is 0 Å². The van der Waals surface area contributed by atoms with Crippen LogP contribution in [0.3, 0.4) is 0 Å². The molecule has 5 heteroatoms. The van der Waals surface area contributed by atoms with E-state index in [9.17, 15) is 4.79 Å². The molecule has 0 saturated heterocycles. The van der Waals surface area contributed by atoms with E-state index in [1.54, 1.807) is 7.11 Å². The van der Waals surface area contributed by atoms with Gasteiger partial charge in [0, 0.05) is 11.8 Å². The van der Waals surface area contributed by atoms with Crippen molar-refractivity contribution in [3.63, 3.8) is 0 Å². The number of hydrogen-bond acceptors (Lipinski definition) is 4. The first-order valence-electron chi connectivity index (χ1n) is 10.3. The van der Waals surface area contributed by atoms with Crippen LogP contribution < -0.4 is 19.5 Å². The molecule has 0 radical (unpaired) electrons. The summed E-state index contributed by atoms with van der Waals surface area (Å²) in [5.74, 6) is 1.73. The number of carbonyl (C=O) groups is 1. The summed E-state index contributed by atoms with van der Waals surface area (Å²) in [7, 11) is 1.60. The maximum Gasteiger partial charge on any atom is 0.262 e. The van der Waals surface area contributed by atoms with Gasteiger partial charge in [-0.1, -0.05) is 32.0 Å². The Kier molecular flexibility index (Phi) is 6.36. The molecule has 0 atom stereocenters. The van der Waals surface area contributed by atoms with E-state index < -0.39 is 0 Å². The monoisotopic (exact) mass is 397 g/mol. The lowest BCUT2D eigenvalue weighted by Crippen LogP contribution is -2.32. The molecule has 1 aliphatic rings. The highest BCUT2D eigenvalue weighted by Crippen LogP contribution is 2.40. The molecule has 1 N–H and O–H groups in total. The molecule has 0 bridgehead atoms. The number of methoxy groups -OCH3 is 1. The van der Waals surface area contributed by atoms with Crippen LogP contribution in [-0.2, 0) is 24.1 Å². The van der Waals surface area contributed by atoms with Gasteiger partial charge >= 0.3 is 0 Å². The molecule has 1 heterocycles. The van der Waals surface area contributed by atoms with Gasteiger partial charge < -0.3 is 19.5 Å². The van der Waals surface area contributed by atoms with Gasteiger partial charge in [0.2, 0.25) is 0 Å². The maximum atomic E-state index is 12.6. The minimum Gasteiger partial charge on any atom is -0.493 e. The van der Waals surface area contributed by atoms with E-state index in [2.05, 4.69) is 33.0 Å². The van der Waals surface area contributed by atoms with E-state index in [4.69, 9.17) is 14.2 Å². The summed E-state index contributed by atoms with van der Waals surface area (Å²) in [5, 5.41) is 3.03. The average molecular weight is 398 g/mol. The van der Waals surface area contributed by atoms with Crippen molar-refractivity contribution in [2.75, 3.05) is 19.0 Å². The third kappa shape index (κ3) is 4.84. The van der Waals surface area contributed by atoms with Crippen LogP contribution in [0.1, 0.15) is 50.8 Å². The van der Waals surface area contributed by atoms with E-state index in [0.717, 1.165) is 53.8 Å². The predicted molar refractivity (Wildman–Crippen MR) is 115 cm³/mol. The zero-order chi connectivity index (χ0) is 21.0. The lowest BCUT2D eigenvalue weighted by atomic mass is 9.94. The van der Waals surface area contributed by atoms with Crippen LogP contribution in [0.5, 0.6) is 17.2 Å². The Morgan fingerprint density at radius 2 is 1.83 bits per heavy atom. The molecule has 0 fully saturated rings. The van der Waals surface area contributed by atoms with Crippen molar-refractivity contribution in [3.05, 3.63) is 47.0 Å². The van der Waals surface area contributed by atoms with Gasteiger partial charge in [0.05, 0.1) is 7.11 Å². The zero-order valence-corrected chi connectivity index (χ0v) is 18.1. The molecule has 1 amide bonds. The zero-order valence-electron chi connectivity index (χ0n) is 18.1. The van der Waals surface area contributed by atoms with Crippen molar-refractivity contribution < 1.29 is 19.0 Å². The number of fused-ring (bicyclic) bond motifs is 1. The summed E-state index contributed by atoms with van der Waals surface area (Å²) in [6.45, 7) is 8.22. The minimum atomic E-state index is -0.212. The fraction of sp³-hybridized carbons (Fsp3) is 0.458. The third-order valence-corrected chi connectivity index (χ3v) is 5.35. The molecule has 2 aromatic carbocycles. The van der Waals surface area contributed by atoms with Crippen molar-refractivity contribution >= 4 is 11.6 Å². The Labute approximate surface area is 173 Å². The SMILES string of the molecule is CCc1cccc(CC)c1NC(=O)COc1cc2c(cc1OC)CCC(C)(C)O2. The number of anilines is 1. The van der Waals surface area contributed by atoms with Crippen LogP contribution in [0.4, 0.5) is 5.69 Å². The smallest absolute Gasteiger partial charge is 0.262 e. The van der Waals surface area contributed by atoms with Crippen LogP contribution in [-0.4, -0.2) is 25.2 Å². The lowest BCUT2D eigenvalue weighted by molar-refractivity contribution is -0.118. The van der Waals surface area contributed by atoms with Gasteiger partial charge in [0.15, 0.2) is 18.1 Å². The molecule has 156 valence electrons. The number of carbonyl (C=O) groups excluding carboxylic acids is 1. The Bertz CT molecular complexity index is 866. The number of hydrogen-bond donors (Lipinski definition) is 1. The normalized spacial score (nSPS) is 14.5. The first-order valence-corrected chi connectivity index (χ1v) is 10.3. The van der Waals surface area contributed by atoms with Crippen molar-refractivity contribution in [2.45, 2.75) is 59.0 Å². The highest BCUT2D eigenvalue weighted by atomic mass is 16.5. The van der Waals surface area contributed by atoms with E-state index >= 15 is 0 Å². The van der Waals surface area contributed by atoms with Gasteiger partial charge in [0.1, 0.15) is 11.4 Å². The summed E-state index contributed by atoms with van der Waals surface area (Å²) in [5.41, 5.74) is 4.03. The second-order valence-corrected chi connectivity index (χ2v) is 7.97. The third-order valence-electron chi connectivity index (χ3n) is 5.35. The second-order valence-electron chi connectivity index (χ2n) is 7.97. The van der Waals surface area contributed by atoms with E-state index in [1.807, 2.05) is 30.3 Å². The average Bonchev–Trinajstić information content (AvgIpc) is 2.71. The van der Waals surface area contributed by atoms with E-state index in [-0.39, 0.29) is 18.1 Å². The molecular weight excluding hydrogens is 366 g/mol. The fourth-order valence-corrected chi connectivity index (χ4v) is 3.65. The molecule has 5 nitrogen and oxygen atoms in total. The number of aryl methyl sites for hydroxylation is 3. The summed E-state index contributed by atoms with van der Waals surface area (Å²) in [6.07, 6.45) is 3.58. The minimum absolute atomic E-state index is 0.0975. The molecule has 0 aliphatic carbocycles. The number of amides is 1.